The van der Waals surface area contributed by atoms with Crippen molar-refractivity contribution in [2.24, 2.45) is 11.8 Å². The smallest absolute Gasteiger partial charge is 0.308 e. The highest BCUT2D eigenvalue weighted by Gasteiger charge is 2.34. The number of rotatable bonds is 11. The van der Waals surface area contributed by atoms with Crippen LogP contribution in [0.3, 0.4) is 0 Å². The second kappa shape index (κ2) is 12.3. The first-order valence-electron chi connectivity index (χ1n) is 12.0. The van der Waals surface area contributed by atoms with Crippen LogP contribution in [0.4, 0.5) is 4.39 Å². The zero-order chi connectivity index (χ0) is 24.6. The lowest BCUT2D eigenvalue weighted by Crippen LogP contribution is -2.44. The van der Waals surface area contributed by atoms with Crippen LogP contribution in [0.5, 0.6) is 5.75 Å². The lowest BCUT2D eigenvalue weighted by Gasteiger charge is -2.36. The van der Waals surface area contributed by atoms with E-state index >= 15 is 4.39 Å². The number of nitrogens with zero attached hydrogens (tertiary/aromatic N) is 4. The van der Waals surface area contributed by atoms with Gasteiger partial charge in [0.25, 0.3) is 0 Å². The van der Waals surface area contributed by atoms with E-state index in [-0.39, 0.29) is 5.92 Å². The van der Waals surface area contributed by atoms with Crippen molar-refractivity contribution in [1.82, 2.24) is 19.9 Å². The molecular formula is C26H31FN4O3S. The van der Waals surface area contributed by atoms with Gasteiger partial charge in [0.05, 0.1) is 24.7 Å². The van der Waals surface area contributed by atoms with Crippen molar-refractivity contribution in [2.75, 3.05) is 32.5 Å². The third kappa shape index (κ3) is 6.67. The third-order valence-corrected chi connectivity index (χ3v) is 7.68. The van der Waals surface area contributed by atoms with E-state index in [9.17, 15) is 9.90 Å². The molecule has 2 aromatic heterocycles. The summed E-state index contributed by atoms with van der Waals surface area (Å²) in [6, 6.07) is 7.16. The highest BCUT2D eigenvalue weighted by atomic mass is 32.2. The maximum atomic E-state index is 15.4. The van der Waals surface area contributed by atoms with Gasteiger partial charge < -0.3 is 14.7 Å². The van der Waals surface area contributed by atoms with Gasteiger partial charge in [-0.1, -0.05) is 0 Å². The number of methoxy groups -OCH3 is 1. The van der Waals surface area contributed by atoms with Crippen molar-refractivity contribution in [2.45, 2.75) is 36.9 Å². The molecule has 1 aliphatic heterocycles. The van der Waals surface area contributed by atoms with Crippen LogP contribution in [-0.4, -0.2) is 63.4 Å². The maximum Gasteiger partial charge on any atom is 0.308 e. The first-order valence-corrected chi connectivity index (χ1v) is 12.9. The van der Waals surface area contributed by atoms with E-state index < -0.39 is 18.1 Å². The average Bonchev–Trinajstić information content (AvgIpc) is 2.89. The molecule has 3 aromatic rings. The minimum Gasteiger partial charge on any atom is -0.497 e. The molecule has 35 heavy (non-hydrogen) atoms. The molecule has 3 atom stereocenters. The summed E-state index contributed by atoms with van der Waals surface area (Å²) in [7, 11) is 1.58. The van der Waals surface area contributed by atoms with Crippen LogP contribution in [0.2, 0.25) is 0 Å². The Hall–Kier alpha value is -2.78. The van der Waals surface area contributed by atoms with E-state index in [1.165, 1.54) is 0 Å². The Kier molecular flexibility index (Phi) is 8.87. The normalized spacial score (nSPS) is 19.5. The molecule has 0 unspecified atom stereocenters. The highest BCUT2D eigenvalue weighted by molar-refractivity contribution is 7.99. The number of aromatic nitrogens is 3. The van der Waals surface area contributed by atoms with Crippen LogP contribution < -0.4 is 4.74 Å². The van der Waals surface area contributed by atoms with Gasteiger partial charge in [0.2, 0.25) is 0 Å². The molecule has 186 valence electrons. The Morgan fingerprint density at radius 2 is 2.17 bits per heavy atom. The molecule has 1 N–H and O–H groups in total. The molecule has 0 spiro atoms. The van der Waals surface area contributed by atoms with E-state index in [0.29, 0.717) is 30.7 Å². The van der Waals surface area contributed by atoms with Gasteiger partial charge in [-0.2, -0.15) is 0 Å². The van der Waals surface area contributed by atoms with Crippen molar-refractivity contribution >= 4 is 28.6 Å². The standard InChI is InChI=1S/C26H31FN4O3S/c1-34-19-4-6-24-21(15-19)20(7-9-29-24)23(27)5-3-18-8-13-31(17-22(18)26(32)33)12-2-14-35-25-16-28-10-11-30-25/h4,6-7,9-11,15-16,18,22-23H,2-3,5,8,12-14,17H2,1H3,(H,32,33)/t18-,22+,23+/m1/s1. The number of carbonyl (C=O) groups is 1. The predicted octanol–water partition coefficient (Wildman–Crippen LogP) is 5.03. The van der Waals surface area contributed by atoms with Crippen LogP contribution in [0, 0.1) is 11.8 Å². The van der Waals surface area contributed by atoms with Gasteiger partial charge in [-0.25, -0.2) is 9.37 Å². The van der Waals surface area contributed by atoms with Crippen LogP contribution >= 0.6 is 11.8 Å². The van der Waals surface area contributed by atoms with Crippen molar-refractivity contribution in [1.29, 1.82) is 0 Å². The van der Waals surface area contributed by atoms with Crippen LogP contribution in [-0.2, 0) is 4.79 Å². The molecular weight excluding hydrogens is 467 g/mol. The van der Waals surface area contributed by atoms with E-state index in [4.69, 9.17) is 4.74 Å². The van der Waals surface area contributed by atoms with E-state index in [1.807, 2.05) is 18.2 Å². The Balaban J connectivity index is 1.30. The summed E-state index contributed by atoms with van der Waals surface area (Å²) in [5.74, 6) is 0.275. The fourth-order valence-corrected chi connectivity index (χ4v) is 5.54. The number of aliphatic carboxylic acids is 1. The summed E-state index contributed by atoms with van der Waals surface area (Å²) in [6.45, 7) is 2.21. The van der Waals surface area contributed by atoms with Gasteiger partial charge in [0.15, 0.2) is 0 Å². The minimum atomic E-state index is -1.18. The van der Waals surface area contributed by atoms with Gasteiger partial charge in [-0.05, 0) is 74.5 Å². The van der Waals surface area contributed by atoms with E-state index in [2.05, 4.69) is 19.9 Å². The Morgan fingerprint density at radius 1 is 1.29 bits per heavy atom. The lowest BCUT2D eigenvalue weighted by molar-refractivity contribution is -0.146. The van der Waals surface area contributed by atoms with Gasteiger partial charge in [-0.15, -0.1) is 11.8 Å². The summed E-state index contributed by atoms with van der Waals surface area (Å²) in [6.07, 6.45) is 8.08. The molecule has 1 aromatic carbocycles. The number of likely N-dealkylation sites (tertiary alicyclic amines) is 1. The molecule has 7 nitrogen and oxygen atoms in total. The second-order valence-electron chi connectivity index (χ2n) is 8.87. The van der Waals surface area contributed by atoms with Crippen molar-refractivity contribution in [3.8, 4) is 5.75 Å². The summed E-state index contributed by atoms with van der Waals surface area (Å²) in [5, 5.41) is 11.5. The van der Waals surface area contributed by atoms with E-state index in [1.54, 1.807) is 49.7 Å². The Bertz CT molecular complexity index is 1120. The molecule has 0 amide bonds. The first kappa shape index (κ1) is 25.3. The number of ether oxygens (including phenoxy) is 1. The number of fused-ring (bicyclic) bond motifs is 1. The summed E-state index contributed by atoms with van der Waals surface area (Å²) in [4.78, 5) is 26.9. The zero-order valence-electron chi connectivity index (χ0n) is 19.8. The number of pyridine rings is 1. The van der Waals surface area contributed by atoms with Crippen LogP contribution in [0.1, 0.15) is 37.4 Å². The fourth-order valence-electron chi connectivity index (χ4n) is 4.78. The number of alkyl halides is 1. The number of carboxylic acids is 1. The number of hydrogen-bond donors (Lipinski definition) is 1. The van der Waals surface area contributed by atoms with Gasteiger partial charge in [0.1, 0.15) is 16.9 Å². The van der Waals surface area contributed by atoms with Gasteiger partial charge >= 0.3 is 5.97 Å². The molecule has 0 radical (unpaired) electrons. The molecule has 1 fully saturated rings. The summed E-state index contributed by atoms with van der Waals surface area (Å²) in [5.41, 5.74) is 1.30. The van der Waals surface area contributed by atoms with Crippen LogP contribution in [0.15, 0.2) is 54.1 Å². The lowest BCUT2D eigenvalue weighted by atomic mass is 9.81. The fraction of sp³-hybridized carbons (Fsp3) is 0.462. The molecule has 3 heterocycles. The SMILES string of the molecule is COc1ccc2nccc([C@@H](F)CC[C@@H]3CCN(CCCSc4cnccn4)C[C@@H]3C(=O)O)c2c1. The predicted molar refractivity (Wildman–Crippen MR) is 134 cm³/mol. The molecule has 1 saturated heterocycles. The zero-order valence-corrected chi connectivity index (χ0v) is 20.7. The minimum absolute atomic E-state index is 0.0291. The number of piperidine rings is 1. The molecule has 1 aliphatic rings. The summed E-state index contributed by atoms with van der Waals surface area (Å²) >= 11 is 1.66. The molecule has 0 bridgehead atoms. The average molecular weight is 499 g/mol. The number of benzene rings is 1. The van der Waals surface area contributed by atoms with Crippen molar-refractivity contribution in [3.05, 3.63) is 54.6 Å². The summed E-state index contributed by atoms with van der Waals surface area (Å²) < 4.78 is 20.7. The van der Waals surface area contributed by atoms with Gasteiger partial charge in [0, 0.05) is 36.3 Å². The van der Waals surface area contributed by atoms with E-state index in [0.717, 1.165) is 47.6 Å². The Labute approximate surface area is 209 Å². The number of thioether (sulfide) groups is 1. The maximum absolute atomic E-state index is 15.4. The molecule has 0 saturated carbocycles. The van der Waals surface area contributed by atoms with Gasteiger partial charge in [-0.3, -0.25) is 14.8 Å². The number of hydrogen-bond acceptors (Lipinski definition) is 7. The quantitative estimate of drug-likeness (QED) is 0.291. The van der Waals surface area contributed by atoms with Crippen molar-refractivity contribution in [3.63, 3.8) is 0 Å². The Morgan fingerprint density at radius 3 is 2.94 bits per heavy atom. The molecule has 9 heteroatoms. The first-order chi connectivity index (χ1) is 17.0. The van der Waals surface area contributed by atoms with Crippen molar-refractivity contribution < 1.29 is 19.0 Å². The largest absolute Gasteiger partial charge is 0.497 e. The monoisotopic (exact) mass is 498 g/mol. The number of halogens is 1. The topological polar surface area (TPSA) is 88.4 Å². The third-order valence-electron chi connectivity index (χ3n) is 6.68. The molecule has 0 aliphatic carbocycles. The highest BCUT2D eigenvalue weighted by Crippen LogP contribution is 2.35. The number of carboxylic acid groups (broad SMARTS) is 1. The van der Waals surface area contributed by atoms with Crippen LogP contribution in [0.25, 0.3) is 10.9 Å². The molecule has 4 rings (SSSR count). The second-order valence-corrected chi connectivity index (χ2v) is 9.98.